The van der Waals surface area contributed by atoms with Gasteiger partial charge in [-0.25, -0.2) is 0 Å². The smallest absolute Gasteiger partial charge is 0.323 e. The molecule has 0 aromatic rings. The highest BCUT2D eigenvalue weighted by Gasteiger charge is 2.32. The maximum atomic E-state index is 13.7. The molecule has 0 radical (unpaired) electrons. The van der Waals surface area contributed by atoms with Crippen molar-refractivity contribution < 1.29 is 19.1 Å². The highest BCUT2D eigenvalue weighted by atomic mass is 16.6. The van der Waals surface area contributed by atoms with Gasteiger partial charge in [0.2, 0.25) is 0 Å². The summed E-state index contributed by atoms with van der Waals surface area (Å²) < 4.78 is 11.7. The van der Waals surface area contributed by atoms with Gasteiger partial charge in [-0.1, -0.05) is 55.4 Å². The van der Waals surface area contributed by atoms with E-state index in [1.54, 1.807) is 0 Å². The first-order valence-corrected chi connectivity index (χ1v) is 16.8. The maximum Gasteiger partial charge on any atom is 0.323 e. The first kappa shape index (κ1) is 39.8. The minimum atomic E-state index is -0.544. The number of hydrogen-bond acceptors (Lipinski definition) is 8. The van der Waals surface area contributed by atoms with Crippen molar-refractivity contribution >= 4 is 11.9 Å². The zero-order chi connectivity index (χ0) is 33.2. The maximum absolute atomic E-state index is 13.7. The molecule has 1 saturated heterocycles. The van der Waals surface area contributed by atoms with Crippen molar-refractivity contribution in [2.45, 2.75) is 127 Å². The lowest BCUT2D eigenvalue weighted by Gasteiger charge is -2.39. The van der Waals surface area contributed by atoms with E-state index in [-0.39, 0.29) is 35.4 Å². The SMILES string of the molecule is CC(C)CC[C@H](C(=O)OC(C)(C)C)N1CCN(CC(=O)OC(C)(C)C)CCN(CC(C)(C)C)CCN(CC(C)(C)C)CC1. The first-order valence-electron chi connectivity index (χ1n) is 16.8. The summed E-state index contributed by atoms with van der Waals surface area (Å²) >= 11 is 0. The van der Waals surface area contributed by atoms with Crippen LogP contribution in [-0.4, -0.2) is 121 Å². The molecule has 0 saturated carbocycles. The average Bonchev–Trinajstić information content (AvgIpc) is 2.75. The second-order valence-electron chi connectivity index (χ2n) is 17.6. The van der Waals surface area contributed by atoms with Gasteiger partial charge in [0.05, 0.1) is 6.54 Å². The normalized spacial score (nSPS) is 19.5. The molecule has 8 nitrogen and oxygen atoms in total. The lowest BCUT2D eigenvalue weighted by Crippen LogP contribution is -2.53. The second-order valence-corrected chi connectivity index (χ2v) is 17.6. The third kappa shape index (κ3) is 19.7. The van der Waals surface area contributed by atoms with E-state index in [2.05, 4.69) is 75.0 Å². The lowest BCUT2D eigenvalue weighted by atomic mass is 9.95. The number of nitrogens with zero attached hydrogens (tertiary/aromatic N) is 4. The fourth-order valence-electron chi connectivity index (χ4n) is 5.55. The number of carbonyl (C=O) groups excluding carboxylic acids is 2. The Morgan fingerprint density at radius 2 is 0.977 bits per heavy atom. The molecular formula is C35H70N4O4. The number of carbonyl (C=O) groups is 2. The molecule has 254 valence electrons. The van der Waals surface area contributed by atoms with Crippen molar-refractivity contribution in [3.63, 3.8) is 0 Å². The topological polar surface area (TPSA) is 65.6 Å². The van der Waals surface area contributed by atoms with Gasteiger partial charge in [0.25, 0.3) is 0 Å². The Morgan fingerprint density at radius 1 is 0.581 bits per heavy atom. The predicted molar refractivity (Wildman–Crippen MR) is 179 cm³/mol. The number of ether oxygens (including phenoxy) is 2. The van der Waals surface area contributed by atoms with Gasteiger partial charge in [0.1, 0.15) is 17.2 Å². The van der Waals surface area contributed by atoms with Crippen LogP contribution in [0, 0.1) is 16.7 Å². The van der Waals surface area contributed by atoms with Crippen LogP contribution in [0.1, 0.15) is 110 Å². The minimum absolute atomic E-state index is 0.141. The van der Waals surface area contributed by atoms with E-state index in [4.69, 9.17) is 9.47 Å². The van der Waals surface area contributed by atoms with E-state index in [1.807, 2.05) is 41.5 Å². The van der Waals surface area contributed by atoms with Gasteiger partial charge in [0, 0.05) is 65.4 Å². The first-order chi connectivity index (χ1) is 19.4. The van der Waals surface area contributed by atoms with Crippen molar-refractivity contribution in [1.29, 1.82) is 0 Å². The van der Waals surface area contributed by atoms with Crippen molar-refractivity contribution in [2.24, 2.45) is 16.7 Å². The van der Waals surface area contributed by atoms with E-state index in [1.165, 1.54) is 0 Å². The zero-order valence-electron chi connectivity index (χ0n) is 30.8. The van der Waals surface area contributed by atoms with Gasteiger partial charge >= 0.3 is 11.9 Å². The monoisotopic (exact) mass is 611 g/mol. The molecule has 43 heavy (non-hydrogen) atoms. The number of hydrogen-bond donors (Lipinski definition) is 0. The Bertz CT molecular complexity index is 833. The zero-order valence-corrected chi connectivity index (χ0v) is 30.8. The van der Waals surface area contributed by atoms with Gasteiger partial charge in [-0.05, 0) is 71.1 Å². The number of rotatable bonds is 9. The predicted octanol–water partition coefficient (Wildman–Crippen LogP) is 5.79. The van der Waals surface area contributed by atoms with Crippen LogP contribution in [0.15, 0.2) is 0 Å². The van der Waals surface area contributed by atoms with E-state index in [9.17, 15) is 9.59 Å². The van der Waals surface area contributed by atoms with Gasteiger partial charge in [-0.2, -0.15) is 0 Å². The van der Waals surface area contributed by atoms with Crippen molar-refractivity contribution in [3.05, 3.63) is 0 Å². The third-order valence-electron chi connectivity index (χ3n) is 7.18. The molecule has 0 amide bonds. The molecule has 0 N–H and O–H groups in total. The fraction of sp³-hybridized carbons (Fsp3) is 0.943. The molecule has 1 aliphatic rings. The molecule has 1 atom stereocenters. The van der Waals surface area contributed by atoms with Crippen LogP contribution in [0.2, 0.25) is 0 Å². The van der Waals surface area contributed by atoms with Gasteiger partial charge < -0.3 is 19.3 Å². The highest BCUT2D eigenvalue weighted by Crippen LogP contribution is 2.21. The summed E-state index contributed by atoms with van der Waals surface area (Å²) in [7, 11) is 0. The van der Waals surface area contributed by atoms with Gasteiger partial charge in [0.15, 0.2) is 0 Å². The van der Waals surface area contributed by atoms with Crippen LogP contribution in [0.25, 0.3) is 0 Å². The van der Waals surface area contributed by atoms with Crippen molar-refractivity contribution in [1.82, 2.24) is 19.6 Å². The largest absolute Gasteiger partial charge is 0.459 e. The summed E-state index contributed by atoms with van der Waals surface area (Å²) in [5.74, 6) is 0.151. The molecule has 1 heterocycles. The van der Waals surface area contributed by atoms with Crippen LogP contribution < -0.4 is 0 Å². The van der Waals surface area contributed by atoms with Crippen LogP contribution in [-0.2, 0) is 19.1 Å². The number of esters is 2. The van der Waals surface area contributed by atoms with E-state index >= 15 is 0 Å². The Hall–Kier alpha value is -1.22. The Kier molecular flexibility index (Phi) is 15.7. The highest BCUT2D eigenvalue weighted by molar-refractivity contribution is 5.76. The van der Waals surface area contributed by atoms with Crippen LogP contribution in [0.5, 0.6) is 0 Å². The summed E-state index contributed by atoms with van der Waals surface area (Å²) in [4.78, 5) is 36.3. The Labute approximate surface area is 266 Å². The molecule has 0 aromatic carbocycles. The van der Waals surface area contributed by atoms with E-state index < -0.39 is 11.2 Å². The quantitative estimate of drug-likeness (QED) is 0.304. The van der Waals surface area contributed by atoms with Crippen molar-refractivity contribution in [2.75, 3.05) is 72.0 Å². The molecule has 1 aliphatic heterocycles. The van der Waals surface area contributed by atoms with Crippen LogP contribution in [0.3, 0.4) is 0 Å². The van der Waals surface area contributed by atoms with Crippen molar-refractivity contribution in [3.8, 4) is 0 Å². The molecule has 0 bridgehead atoms. The fourth-order valence-corrected chi connectivity index (χ4v) is 5.55. The third-order valence-corrected chi connectivity index (χ3v) is 7.18. The summed E-state index contributed by atoms with van der Waals surface area (Å²) in [6, 6.07) is -0.318. The molecule has 8 heteroatoms. The van der Waals surface area contributed by atoms with Crippen LogP contribution in [0.4, 0.5) is 0 Å². The summed E-state index contributed by atoms with van der Waals surface area (Å²) in [6.07, 6.45) is 1.72. The molecule has 0 unspecified atom stereocenters. The summed E-state index contributed by atoms with van der Waals surface area (Å²) in [5, 5.41) is 0. The van der Waals surface area contributed by atoms with Gasteiger partial charge in [-0.15, -0.1) is 0 Å². The summed E-state index contributed by atoms with van der Waals surface area (Å²) in [5.41, 5.74) is -0.723. The minimum Gasteiger partial charge on any atom is -0.459 e. The lowest BCUT2D eigenvalue weighted by molar-refractivity contribution is -0.163. The van der Waals surface area contributed by atoms with Crippen LogP contribution >= 0.6 is 0 Å². The van der Waals surface area contributed by atoms with E-state index in [0.29, 0.717) is 19.0 Å². The van der Waals surface area contributed by atoms with E-state index in [0.717, 1.165) is 65.2 Å². The Morgan fingerprint density at radius 3 is 1.37 bits per heavy atom. The summed E-state index contributed by atoms with van der Waals surface area (Å²) in [6.45, 7) is 38.6. The molecule has 0 aliphatic carbocycles. The molecule has 1 fully saturated rings. The molecular weight excluding hydrogens is 540 g/mol. The average molecular weight is 611 g/mol. The molecule has 0 spiro atoms. The molecule has 1 rings (SSSR count). The van der Waals surface area contributed by atoms with Gasteiger partial charge in [-0.3, -0.25) is 19.4 Å². The molecule has 0 aromatic heterocycles. The Balaban J connectivity index is 3.40. The second kappa shape index (κ2) is 16.9. The standard InChI is InChI=1S/C35H70N4O4/c1-28(2)15-16-29(31(41)43-35(12,13)14)39-23-21-36(25-30(40)42-34(9,10)11)17-18-37(26-32(3,4)5)19-20-38(22-24-39)27-33(6,7)8/h28-29H,15-27H2,1-14H3/t29-/m1/s1.